The van der Waals surface area contributed by atoms with Gasteiger partial charge in [0, 0.05) is 20.1 Å². The van der Waals surface area contributed by atoms with Crippen LogP contribution in [-0.4, -0.2) is 48.1 Å². The van der Waals surface area contributed by atoms with Crippen LogP contribution in [0.2, 0.25) is 0 Å². The molecule has 2 unspecified atom stereocenters. The molecule has 0 bridgehead atoms. The summed E-state index contributed by atoms with van der Waals surface area (Å²) in [4.78, 5) is 25.0. The van der Waals surface area contributed by atoms with Crippen LogP contribution < -0.4 is 5.32 Å². The predicted octanol–water partition coefficient (Wildman–Crippen LogP) is 1.89. The molecule has 2 atom stereocenters. The molecule has 1 aliphatic rings. The first-order valence-electron chi connectivity index (χ1n) is 6.84. The van der Waals surface area contributed by atoms with Crippen molar-refractivity contribution >= 4 is 17.3 Å². The van der Waals surface area contributed by atoms with Gasteiger partial charge in [-0.05, 0) is 26.0 Å². The highest BCUT2D eigenvalue weighted by Crippen LogP contribution is 2.29. The maximum Gasteiger partial charge on any atom is 0.305 e. The van der Waals surface area contributed by atoms with Crippen molar-refractivity contribution in [1.29, 1.82) is 0 Å². The fourth-order valence-corrected chi connectivity index (χ4v) is 2.63. The maximum atomic E-state index is 12.6. The van der Waals surface area contributed by atoms with Crippen molar-refractivity contribution in [2.45, 2.75) is 26.1 Å². The minimum atomic E-state index is -0.521. The molecule has 1 saturated heterocycles. The third-order valence-electron chi connectivity index (χ3n) is 3.43. The van der Waals surface area contributed by atoms with Gasteiger partial charge in [-0.1, -0.05) is 6.07 Å². The van der Waals surface area contributed by atoms with Gasteiger partial charge in [0.25, 0.3) is 5.91 Å². The van der Waals surface area contributed by atoms with Crippen molar-refractivity contribution in [1.82, 2.24) is 4.90 Å². The summed E-state index contributed by atoms with van der Waals surface area (Å²) in [6.45, 7) is 4.64. The summed E-state index contributed by atoms with van der Waals surface area (Å²) in [5, 5.41) is 14.0. The van der Waals surface area contributed by atoms with Gasteiger partial charge < -0.3 is 15.0 Å². The Morgan fingerprint density at radius 1 is 1.38 bits per heavy atom. The first-order chi connectivity index (χ1) is 9.93. The summed E-state index contributed by atoms with van der Waals surface area (Å²) in [5.41, 5.74) is 0.255. The number of hydrogen-bond donors (Lipinski definition) is 1. The Morgan fingerprint density at radius 3 is 2.52 bits per heavy atom. The van der Waals surface area contributed by atoms with Gasteiger partial charge in [-0.15, -0.1) is 0 Å². The van der Waals surface area contributed by atoms with E-state index in [9.17, 15) is 14.9 Å². The molecule has 1 aromatic carbocycles. The molecule has 7 heteroatoms. The third-order valence-corrected chi connectivity index (χ3v) is 3.43. The van der Waals surface area contributed by atoms with Gasteiger partial charge >= 0.3 is 5.69 Å². The van der Waals surface area contributed by atoms with Gasteiger partial charge in [-0.25, -0.2) is 0 Å². The Hall–Kier alpha value is -2.15. The van der Waals surface area contributed by atoms with Gasteiger partial charge in [0.1, 0.15) is 11.3 Å². The van der Waals surface area contributed by atoms with E-state index in [1.54, 1.807) is 24.1 Å². The molecular weight excluding hydrogens is 274 g/mol. The molecule has 1 fully saturated rings. The molecule has 0 saturated carbocycles. The largest absolute Gasteiger partial charge is 0.383 e. The van der Waals surface area contributed by atoms with Crippen molar-refractivity contribution in [3.05, 3.63) is 33.9 Å². The lowest BCUT2D eigenvalue weighted by Gasteiger charge is -2.35. The molecule has 7 nitrogen and oxygen atoms in total. The second-order valence-corrected chi connectivity index (χ2v) is 5.18. The summed E-state index contributed by atoms with van der Waals surface area (Å²) in [6, 6.07) is 4.71. The number of nitrogens with one attached hydrogen (secondary N) is 1. The maximum absolute atomic E-state index is 12.6. The number of nitro benzene ring substituents is 1. The van der Waals surface area contributed by atoms with Crippen LogP contribution in [-0.2, 0) is 4.74 Å². The van der Waals surface area contributed by atoms with E-state index in [2.05, 4.69) is 5.32 Å². The van der Waals surface area contributed by atoms with Crippen LogP contribution in [0.25, 0.3) is 0 Å². The summed E-state index contributed by atoms with van der Waals surface area (Å²) in [6.07, 6.45) is -0.159. The quantitative estimate of drug-likeness (QED) is 0.679. The number of amides is 1. The van der Waals surface area contributed by atoms with E-state index in [1.165, 1.54) is 6.07 Å². The Labute approximate surface area is 123 Å². The van der Waals surface area contributed by atoms with E-state index in [0.29, 0.717) is 18.8 Å². The van der Waals surface area contributed by atoms with Crippen molar-refractivity contribution in [3.63, 3.8) is 0 Å². The van der Waals surface area contributed by atoms with Crippen LogP contribution in [0.4, 0.5) is 11.4 Å². The van der Waals surface area contributed by atoms with E-state index in [1.807, 2.05) is 13.8 Å². The Balaban J connectivity index is 2.37. The minimum absolute atomic E-state index is 0.0794. The number of para-hydroxylation sites is 1. The molecule has 1 N–H and O–H groups in total. The molecule has 1 aliphatic heterocycles. The van der Waals surface area contributed by atoms with Crippen LogP contribution in [0.3, 0.4) is 0 Å². The van der Waals surface area contributed by atoms with Crippen molar-refractivity contribution in [2.75, 3.05) is 25.5 Å². The average Bonchev–Trinajstić information content (AvgIpc) is 2.44. The SMILES string of the molecule is CNc1cccc(C(=O)N2CC(C)OC(C)C2)c1[N+](=O)[O-]. The lowest BCUT2D eigenvalue weighted by Crippen LogP contribution is -2.48. The number of anilines is 1. The molecule has 0 spiro atoms. The number of benzene rings is 1. The third kappa shape index (κ3) is 3.13. The lowest BCUT2D eigenvalue weighted by atomic mass is 10.1. The van der Waals surface area contributed by atoms with E-state index in [-0.39, 0.29) is 29.4 Å². The second-order valence-electron chi connectivity index (χ2n) is 5.18. The minimum Gasteiger partial charge on any atom is -0.383 e. The van der Waals surface area contributed by atoms with Crippen molar-refractivity contribution in [2.24, 2.45) is 0 Å². The first-order valence-corrected chi connectivity index (χ1v) is 6.84. The van der Waals surface area contributed by atoms with E-state index in [4.69, 9.17) is 4.74 Å². The molecule has 114 valence electrons. The molecule has 2 rings (SSSR count). The fraction of sp³-hybridized carbons (Fsp3) is 0.500. The van der Waals surface area contributed by atoms with Gasteiger partial charge in [0.05, 0.1) is 17.1 Å². The number of carbonyl (C=O) groups is 1. The number of rotatable bonds is 3. The molecule has 0 aliphatic carbocycles. The smallest absolute Gasteiger partial charge is 0.305 e. The molecular formula is C14H19N3O4. The monoisotopic (exact) mass is 293 g/mol. The Bertz CT molecular complexity index is 551. The molecule has 1 heterocycles. The van der Waals surface area contributed by atoms with Crippen molar-refractivity contribution in [3.8, 4) is 0 Å². The highest BCUT2D eigenvalue weighted by atomic mass is 16.6. The summed E-state index contributed by atoms with van der Waals surface area (Å²) in [5.74, 6) is -0.333. The number of hydrogen-bond acceptors (Lipinski definition) is 5. The van der Waals surface area contributed by atoms with Crippen LogP contribution in [0.1, 0.15) is 24.2 Å². The second kappa shape index (κ2) is 6.09. The normalized spacial score (nSPS) is 22.0. The highest BCUT2D eigenvalue weighted by molar-refractivity contribution is 6.00. The highest BCUT2D eigenvalue weighted by Gasteiger charge is 2.31. The molecule has 0 aromatic heterocycles. The Morgan fingerprint density at radius 2 is 2.00 bits per heavy atom. The zero-order valence-corrected chi connectivity index (χ0v) is 12.3. The van der Waals surface area contributed by atoms with Crippen molar-refractivity contribution < 1.29 is 14.5 Å². The van der Waals surface area contributed by atoms with Crippen LogP contribution in [0.5, 0.6) is 0 Å². The van der Waals surface area contributed by atoms with Crippen LogP contribution in [0, 0.1) is 10.1 Å². The fourth-order valence-electron chi connectivity index (χ4n) is 2.63. The molecule has 21 heavy (non-hydrogen) atoms. The number of ether oxygens (including phenoxy) is 1. The Kier molecular flexibility index (Phi) is 4.42. The topological polar surface area (TPSA) is 84.7 Å². The average molecular weight is 293 g/mol. The van der Waals surface area contributed by atoms with E-state index < -0.39 is 4.92 Å². The first kappa shape index (κ1) is 15.2. The van der Waals surface area contributed by atoms with E-state index in [0.717, 1.165) is 0 Å². The lowest BCUT2D eigenvalue weighted by molar-refractivity contribution is -0.384. The number of nitro groups is 1. The predicted molar refractivity (Wildman–Crippen MR) is 78.6 cm³/mol. The van der Waals surface area contributed by atoms with Crippen LogP contribution in [0.15, 0.2) is 18.2 Å². The van der Waals surface area contributed by atoms with Gasteiger partial charge in [0.2, 0.25) is 0 Å². The number of morpholine rings is 1. The van der Waals surface area contributed by atoms with Crippen LogP contribution >= 0.6 is 0 Å². The molecule has 0 radical (unpaired) electrons. The summed E-state index contributed by atoms with van der Waals surface area (Å²) in [7, 11) is 1.59. The number of carbonyl (C=O) groups excluding carboxylic acids is 1. The van der Waals surface area contributed by atoms with Gasteiger partial charge in [-0.3, -0.25) is 14.9 Å². The summed E-state index contributed by atoms with van der Waals surface area (Å²) < 4.78 is 5.58. The number of nitrogens with zero attached hydrogens (tertiary/aromatic N) is 2. The molecule has 1 aromatic rings. The summed E-state index contributed by atoms with van der Waals surface area (Å²) >= 11 is 0. The molecule has 1 amide bonds. The van der Waals surface area contributed by atoms with Gasteiger partial charge in [0.15, 0.2) is 0 Å². The zero-order valence-electron chi connectivity index (χ0n) is 12.3. The standard InChI is InChI=1S/C14H19N3O4/c1-9-7-16(8-10(2)21-9)14(18)11-5-4-6-12(15-3)13(11)17(19)20/h4-6,9-10,15H,7-8H2,1-3H3. The van der Waals surface area contributed by atoms with Gasteiger partial charge in [-0.2, -0.15) is 0 Å². The zero-order chi connectivity index (χ0) is 15.6. The van der Waals surface area contributed by atoms with E-state index >= 15 is 0 Å².